The predicted molar refractivity (Wildman–Crippen MR) is 34.8 cm³/mol. The van der Waals surface area contributed by atoms with E-state index in [4.69, 9.17) is 10.4 Å². The van der Waals surface area contributed by atoms with Gasteiger partial charge in [0.15, 0.2) is 0 Å². The number of nitrogens with two attached hydrogens (primary N) is 1. The van der Waals surface area contributed by atoms with Crippen LogP contribution in [0.2, 0.25) is 0 Å². The Hall–Kier alpha value is -0.870. The molecule has 0 unspecified atom stereocenters. The highest BCUT2D eigenvalue weighted by Crippen LogP contribution is 2.13. The van der Waals surface area contributed by atoms with Gasteiger partial charge in [-0.2, -0.15) is 0 Å². The van der Waals surface area contributed by atoms with Gasteiger partial charge in [-0.15, -0.1) is 0 Å². The normalized spacial score (nSPS) is 18.9. The highest BCUT2D eigenvalue weighted by Gasteiger charge is 2.15. The fourth-order valence-electron chi connectivity index (χ4n) is 1.16. The van der Waals surface area contributed by atoms with Crippen molar-refractivity contribution in [1.82, 2.24) is 10.2 Å². The first kappa shape index (κ1) is 5.88. The Morgan fingerprint density at radius 3 is 3.50 bits per heavy atom. The molecule has 0 saturated carbocycles. The minimum atomic E-state index is 0.763. The lowest BCUT2D eigenvalue weighted by atomic mass is 10.1. The zero-order valence-electron chi connectivity index (χ0n) is 5.58. The molecule has 4 heteroatoms. The Bertz CT molecular complexity index is 233. The predicted octanol–water partition coefficient (Wildman–Crippen LogP) is -0.0936. The van der Waals surface area contributed by atoms with Crippen molar-refractivity contribution in [2.75, 3.05) is 6.54 Å². The summed E-state index contributed by atoms with van der Waals surface area (Å²) in [5, 5.41) is 5.60. The lowest BCUT2D eigenvalue weighted by molar-refractivity contribution is 0.261. The van der Waals surface area contributed by atoms with Gasteiger partial charge in [0.1, 0.15) is 6.26 Å². The molecule has 0 bridgehead atoms. The number of hydrazine groups is 1. The topological polar surface area (TPSA) is 55.3 Å². The summed E-state index contributed by atoms with van der Waals surface area (Å²) in [6.45, 7) is 1.64. The smallest absolute Gasteiger partial charge is 0.128 e. The maximum absolute atomic E-state index is 5.57. The third-order valence-corrected chi connectivity index (χ3v) is 1.74. The van der Waals surface area contributed by atoms with Crippen LogP contribution in [0.4, 0.5) is 0 Å². The summed E-state index contributed by atoms with van der Waals surface area (Å²) < 4.78 is 4.78. The molecule has 0 radical (unpaired) electrons. The monoisotopic (exact) mass is 139 g/mol. The van der Waals surface area contributed by atoms with Crippen molar-refractivity contribution in [1.29, 1.82) is 0 Å². The average Bonchev–Trinajstić information content (AvgIpc) is 2.33. The van der Waals surface area contributed by atoms with Gasteiger partial charge in [0.2, 0.25) is 0 Å². The van der Waals surface area contributed by atoms with Crippen molar-refractivity contribution in [3.63, 3.8) is 0 Å². The molecule has 0 aliphatic carbocycles. The molecule has 1 aliphatic heterocycles. The zero-order valence-corrected chi connectivity index (χ0v) is 5.58. The number of hydrogen-bond acceptors (Lipinski definition) is 4. The van der Waals surface area contributed by atoms with E-state index >= 15 is 0 Å². The van der Waals surface area contributed by atoms with Crippen LogP contribution in [0.3, 0.4) is 0 Å². The SMILES string of the molecule is NN1CCc2nocc2C1. The Labute approximate surface area is 58.6 Å². The maximum Gasteiger partial charge on any atom is 0.128 e. The quantitative estimate of drug-likeness (QED) is 0.510. The summed E-state index contributed by atoms with van der Waals surface area (Å²) in [4.78, 5) is 0. The number of nitrogens with zero attached hydrogens (tertiary/aromatic N) is 2. The molecule has 1 aromatic rings. The van der Waals surface area contributed by atoms with Gasteiger partial charge in [-0.05, 0) is 0 Å². The second-order valence-electron chi connectivity index (χ2n) is 2.51. The van der Waals surface area contributed by atoms with Crippen LogP contribution in [0.15, 0.2) is 10.8 Å². The van der Waals surface area contributed by atoms with Crippen LogP contribution in [0, 0.1) is 0 Å². The first-order chi connectivity index (χ1) is 4.86. The van der Waals surface area contributed by atoms with Crippen LogP contribution in [0.1, 0.15) is 11.3 Å². The summed E-state index contributed by atoms with van der Waals surface area (Å²) in [7, 11) is 0. The van der Waals surface area contributed by atoms with Crippen molar-refractivity contribution in [3.05, 3.63) is 17.5 Å². The number of rotatable bonds is 0. The van der Waals surface area contributed by atoms with Crippen LogP contribution in [0.5, 0.6) is 0 Å². The summed E-state index contributed by atoms with van der Waals surface area (Å²) in [6, 6.07) is 0. The third-order valence-electron chi connectivity index (χ3n) is 1.74. The summed E-state index contributed by atoms with van der Waals surface area (Å²) >= 11 is 0. The minimum Gasteiger partial charge on any atom is -0.364 e. The van der Waals surface area contributed by atoms with Gasteiger partial charge < -0.3 is 4.52 Å². The van der Waals surface area contributed by atoms with Crippen molar-refractivity contribution in [3.8, 4) is 0 Å². The first-order valence-electron chi connectivity index (χ1n) is 3.28. The van der Waals surface area contributed by atoms with E-state index in [9.17, 15) is 0 Å². The standard InChI is InChI=1S/C6H9N3O/c7-9-2-1-6-5(3-9)4-10-8-6/h4H,1-3,7H2. The third kappa shape index (κ3) is 0.815. The van der Waals surface area contributed by atoms with Crippen LogP contribution in [0.25, 0.3) is 0 Å². The van der Waals surface area contributed by atoms with E-state index in [0.717, 1.165) is 30.8 Å². The Balaban J connectivity index is 2.30. The molecule has 2 N–H and O–H groups in total. The van der Waals surface area contributed by atoms with Gasteiger partial charge in [0, 0.05) is 25.1 Å². The van der Waals surface area contributed by atoms with Crippen molar-refractivity contribution in [2.24, 2.45) is 5.84 Å². The molecule has 0 atom stereocenters. The molecule has 4 nitrogen and oxygen atoms in total. The number of fused-ring (bicyclic) bond motifs is 1. The highest BCUT2D eigenvalue weighted by atomic mass is 16.5. The van der Waals surface area contributed by atoms with E-state index in [1.807, 2.05) is 0 Å². The molecular weight excluding hydrogens is 130 g/mol. The molecule has 1 aromatic heterocycles. The Kier molecular flexibility index (Phi) is 1.22. The zero-order chi connectivity index (χ0) is 6.97. The molecule has 0 amide bonds. The van der Waals surface area contributed by atoms with Crippen LogP contribution >= 0.6 is 0 Å². The number of hydrogen-bond donors (Lipinski definition) is 1. The van der Waals surface area contributed by atoms with Gasteiger partial charge in [0.25, 0.3) is 0 Å². The minimum absolute atomic E-state index is 0.763. The van der Waals surface area contributed by atoms with E-state index in [0.29, 0.717) is 0 Å². The maximum atomic E-state index is 5.57. The molecular formula is C6H9N3O. The van der Waals surface area contributed by atoms with Crippen molar-refractivity contribution < 1.29 is 4.52 Å². The van der Waals surface area contributed by atoms with Crippen molar-refractivity contribution >= 4 is 0 Å². The van der Waals surface area contributed by atoms with E-state index in [-0.39, 0.29) is 0 Å². The second kappa shape index (κ2) is 2.07. The fourth-order valence-corrected chi connectivity index (χ4v) is 1.16. The van der Waals surface area contributed by atoms with E-state index in [2.05, 4.69) is 5.16 Å². The molecule has 0 fully saturated rings. The molecule has 0 aromatic carbocycles. The fraction of sp³-hybridized carbons (Fsp3) is 0.500. The first-order valence-corrected chi connectivity index (χ1v) is 3.28. The highest BCUT2D eigenvalue weighted by molar-refractivity contribution is 5.16. The van der Waals surface area contributed by atoms with Crippen LogP contribution in [-0.4, -0.2) is 16.7 Å². The molecule has 2 heterocycles. The molecule has 54 valence electrons. The summed E-state index contributed by atoms with van der Waals surface area (Å²) in [5.41, 5.74) is 2.18. The van der Waals surface area contributed by atoms with Gasteiger partial charge >= 0.3 is 0 Å². The molecule has 0 spiro atoms. The lowest BCUT2D eigenvalue weighted by Gasteiger charge is -2.19. The average molecular weight is 139 g/mol. The summed E-state index contributed by atoms with van der Waals surface area (Å²) in [6.07, 6.45) is 2.57. The largest absolute Gasteiger partial charge is 0.364 e. The van der Waals surface area contributed by atoms with E-state index in [1.165, 1.54) is 0 Å². The van der Waals surface area contributed by atoms with Gasteiger partial charge in [-0.3, -0.25) is 5.84 Å². The molecule has 2 rings (SSSR count). The van der Waals surface area contributed by atoms with Crippen LogP contribution in [-0.2, 0) is 13.0 Å². The van der Waals surface area contributed by atoms with E-state index < -0.39 is 0 Å². The molecule has 10 heavy (non-hydrogen) atoms. The molecule has 0 saturated heterocycles. The second-order valence-corrected chi connectivity index (χ2v) is 2.51. The van der Waals surface area contributed by atoms with Gasteiger partial charge in [0.05, 0.1) is 5.69 Å². The molecule has 1 aliphatic rings. The van der Waals surface area contributed by atoms with Gasteiger partial charge in [-0.1, -0.05) is 5.16 Å². The van der Waals surface area contributed by atoms with Crippen molar-refractivity contribution in [2.45, 2.75) is 13.0 Å². The Morgan fingerprint density at radius 2 is 2.60 bits per heavy atom. The van der Waals surface area contributed by atoms with E-state index in [1.54, 1.807) is 11.3 Å². The lowest BCUT2D eigenvalue weighted by Crippen LogP contribution is -2.35. The Morgan fingerprint density at radius 1 is 1.70 bits per heavy atom. The van der Waals surface area contributed by atoms with Gasteiger partial charge in [-0.25, -0.2) is 5.01 Å². The number of aromatic nitrogens is 1. The van der Waals surface area contributed by atoms with Crippen LogP contribution < -0.4 is 5.84 Å². The summed E-state index contributed by atoms with van der Waals surface area (Å²) in [5.74, 6) is 5.57.